The molecule has 0 aliphatic rings. The van der Waals surface area contributed by atoms with Gasteiger partial charge in [-0.15, -0.1) is 0 Å². The van der Waals surface area contributed by atoms with Crippen LogP contribution in [-0.4, -0.2) is 19.7 Å². The third-order valence-corrected chi connectivity index (χ3v) is 3.22. The molecule has 2 rings (SSSR count). The molecule has 0 atom stereocenters. The summed E-state index contributed by atoms with van der Waals surface area (Å²) in [6.07, 6.45) is 2.78. The summed E-state index contributed by atoms with van der Waals surface area (Å²) in [5, 5.41) is 8.54. The fraction of sp³-hybridized carbons (Fsp3) is 0.158. The molecule has 0 saturated heterocycles. The van der Waals surface area contributed by atoms with Gasteiger partial charge in [-0.2, -0.15) is 5.26 Å². The molecule has 2 aromatic carbocycles. The Morgan fingerprint density at radius 3 is 2.76 bits per heavy atom. The number of carbonyl (C=O) groups is 1. The van der Waals surface area contributed by atoms with E-state index < -0.39 is 11.8 Å². The van der Waals surface area contributed by atoms with E-state index in [9.17, 15) is 9.18 Å². The normalized spacial score (nSPS) is 10.3. The number of hydrogen-bond acceptors (Lipinski definition) is 5. The van der Waals surface area contributed by atoms with Gasteiger partial charge in [0.25, 0.3) is 0 Å². The van der Waals surface area contributed by atoms with Crippen LogP contribution in [0.1, 0.15) is 11.1 Å². The van der Waals surface area contributed by atoms with Crippen LogP contribution in [0.4, 0.5) is 4.39 Å². The van der Waals surface area contributed by atoms with E-state index in [-0.39, 0.29) is 13.2 Å². The van der Waals surface area contributed by atoms with Crippen molar-refractivity contribution in [1.29, 1.82) is 5.26 Å². The number of nitriles is 1. The number of benzene rings is 2. The number of halogens is 1. The minimum atomic E-state index is -0.591. The number of esters is 1. The zero-order chi connectivity index (χ0) is 18.1. The summed E-state index contributed by atoms with van der Waals surface area (Å²) in [5.41, 5.74) is 0.994. The second-order valence-electron chi connectivity index (χ2n) is 4.89. The van der Waals surface area contributed by atoms with E-state index in [1.165, 1.54) is 19.3 Å². The molecule has 0 amide bonds. The van der Waals surface area contributed by atoms with Gasteiger partial charge in [-0.05, 0) is 29.8 Å². The second kappa shape index (κ2) is 9.08. The van der Waals surface area contributed by atoms with Gasteiger partial charge in [0.15, 0.2) is 18.1 Å². The average molecular weight is 341 g/mol. The highest BCUT2D eigenvalue weighted by atomic mass is 19.1. The Bertz CT molecular complexity index is 811. The molecular weight excluding hydrogens is 325 g/mol. The molecule has 0 aliphatic heterocycles. The van der Waals surface area contributed by atoms with Crippen LogP contribution >= 0.6 is 0 Å². The maximum Gasteiger partial charge on any atom is 0.331 e. The van der Waals surface area contributed by atoms with Crippen LogP contribution in [0.15, 0.2) is 48.5 Å². The van der Waals surface area contributed by atoms with Gasteiger partial charge in [-0.3, -0.25) is 0 Å². The molecule has 0 radical (unpaired) electrons. The quantitative estimate of drug-likeness (QED) is 0.569. The van der Waals surface area contributed by atoms with Gasteiger partial charge in [-0.1, -0.05) is 24.3 Å². The Kier molecular flexibility index (Phi) is 6.55. The third kappa shape index (κ3) is 5.36. The van der Waals surface area contributed by atoms with Crippen LogP contribution in [-0.2, 0) is 16.1 Å². The number of hydrogen-bond donors (Lipinski definition) is 0. The summed E-state index contributed by atoms with van der Waals surface area (Å²) in [5.74, 6) is -0.135. The van der Waals surface area contributed by atoms with Crippen molar-refractivity contribution in [3.63, 3.8) is 0 Å². The lowest BCUT2D eigenvalue weighted by atomic mass is 10.2. The molecule has 0 unspecified atom stereocenters. The SMILES string of the molecule is COc1cc(C=CC(=O)OCc2ccccc2F)ccc1OCC#N. The fourth-order valence-electron chi connectivity index (χ4n) is 1.99. The Hall–Kier alpha value is -3.33. The first-order valence-corrected chi connectivity index (χ1v) is 7.40. The Labute approximate surface area is 144 Å². The van der Waals surface area contributed by atoms with Gasteiger partial charge >= 0.3 is 5.97 Å². The van der Waals surface area contributed by atoms with Crippen LogP contribution in [0.2, 0.25) is 0 Å². The molecule has 0 spiro atoms. The molecule has 5 nitrogen and oxygen atoms in total. The Morgan fingerprint density at radius 1 is 1.24 bits per heavy atom. The number of methoxy groups -OCH3 is 1. The van der Waals surface area contributed by atoms with E-state index in [2.05, 4.69) is 0 Å². The predicted octanol–water partition coefficient (Wildman–Crippen LogP) is 3.49. The van der Waals surface area contributed by atoms with Gasteiger partial charge < -0.3 is 14.2 Å². The summed E-state index contributed by atoms with van der Waals surface area (Å²) in [4.78, 5) is 11.7. The van der Waals surface area contributed by atoms with Crippen LogP contribution in [0.3, 0.4) is 0 Å². The molecule has 0 aliphatic carbocycles. The lowest BCUT2D eigenvalue weighted by molar-refractivity contribution is -0.138. The van der Waals surface area contributed by atoms with Crippen LogP contribution in [0.5, 0.6) is 11.5 Å². The summed E-state index contributed by atoms with van der Waals surface area (Å²) in [6.45, 7) is -0.228. The fourth-order valence-corrected chi connectivity index (χ4v) is 1.99. The highest BCUT2D eigenvalue weighted by Crippen LogP contribution is 2.28. The molecule has 6 heteroatoms. The van der Waals surface area contributed by atoms with Gasteiger partial charge in [0.1, 0.15) is 18.5 Å². The monoisotopic (exact) mass is 341 g/mol. The van der Waals surface area contributed by atoms with Gasteiger partial charge in [0.2, 0.25) is 0 Å². The van der Waals surface area contributed by atoms with Crippen LogP contribution in [0.25, 0.3) is 6.08 Å². The molecule has 2 aromatic rings. The minimum absolute atomic E-state index is 0.0894. The van der Waals surface area contributed by atoms with Crippen molar-refractivity contribution in [2.75, 3.05) is 13.7 Å². The van der Waals surface area contributed by atoms with E-state index >= 15 is 0 Å². The van der Waals surface area contributed by atoms with Crippen molar-refractivity contribution in [2.24, 2.45) is 0 Å². The van der Waals surface area contributed by atoms with Crippen molar-refractivity contribution in [2.45, 2.75) is 6.61 Å². The molecule has 0 bridgehead atoms. The number of rotatable bonds is 7. The summed E-state index contributed by atoms with van der Waals surface area (Å²) in [7, 11) is 1.48. The third-order valence-electron chi connectivity index (χ3n) is 3.22. The smallest absolute Gasteiger partial charge is 0.331 e. The van der Waals surface area contributed by atoms with E-state index in [4.69, 9.17) is 19.5 Å². The summed E-state index contributed by atoms with van der Waals surface area (Å²) in [6, 6.07) is 13.0. The van der Waals surface area contributed by atoms with E-state index in [1.807, 2.05) is 6.07 Å². The lowest BCUT2D eigenvalue weighted by Gasteiger charge is -2.08. The van der Waals surface area contributed by atoms with Crippen LogP contribution < -0.4 is 9.47 Å². The maximum absolute atomic E-state index is 13.4. The zero-order valence-electron chi connectivity index (χ0n) is 13.6. The van der Waals surface area contributed by atoms with Crippen molar-refractivity contribution in [3.05, 3.63) is 65.5 Å². The van der Waals surface area contributed by atoms with Gasteiger partial charge in [-0.25, -0.2) is 9.18 Å². The second-order valence-corrected chi connectivity index (χ2v) is 4.89. The Morgan fingerprint density at radius 2 is 2.04 bits per heavy atom. The van der Waals surface area contributed by atoms with Gasteiger partial charge in [0, 0.05) is 11.6 Å². The number of nitrogens with zero attached hydrogens (tertiary/aromatic N) is 1. The summed E-state index contributed by atoms with van der Waals surface area (Å²) < 4.78 is 28.9. The van der Waals surface area contributed by atoms with Crippen LogP contribution in [0, 0.1) is 17.1 Å². The molecule has 0 fully saturated rings. The molecule has 128 valence electrons. The molecular formula is C19H16FNO4. The van der Waals surface area contributed by atoms with E-state index in [0.717, 1.165) is 0 Å². The largest absolute Gasteiger partial charge is 0.493 e. The topological polar surface area (TPSA) is 68.6 Å². The highest BCUT2D eigenvalue weighted by Gasteiger charge is 2.06. The highest BCUT2D eigenvalue weighted by molar-refractivity contribution is 5.87. The standard InChI is InChI=1S/C19H16FNO4/c1-23-18-12-14(6-8-17(18)24-11-10-21)7-9-19(22)25-13-15-4-2-3-5-16(15)20/h2-9,12H,11,13H2,1H3. The first kappa shape index (κ1) is 18.0. The van der Waals surface area contributed by atoms with Gasteiger partial charge in [0.05, 0.1) is 7.11 Å². The van der Waals surface area contributed by atoms with Crippen molar-refractivity contribution >= 4 is 12.0 Å². The number of carbonyl (C=O) groups excluding carboxylic acids is 1. The van der Waals surface area contributed by atoms with Crippen molar-refractivity contribution in [1.82, 2.24) is 0 Å². The first-order valence-electron chi connectivity index (χ1n) is 7.40. The zero-order valence-corrected chi connectivity index (χ0v) is 13.6. The Balaban J connectivity index is 1.97. The average Bonchev–Trinajstić information content (AvgIpc) is 2.64. The molecule has 0 saturated carbocycles. The van der Waals surface area contributed by atoms with E-state index in [1.54, 1.807) is 42.5 Å². The minimum Gasteiger partial charge on any atom is -0.493 e. The molecule has 0 aromatic heterocycles. The van der Waals surface area contributed by atoms with E-state index in [0.29, 0.717) is 22.6 Å². The molecule has 25 heavy (non-hydrogen) atoms. The lowest BCUT2D eigenvalue weighted by Crippen LogP contribution is -2.02. The van der Waals surface area contributed by atoms with Crippen molar-refractivity contribution < 1.29 is 23.4 Å². The predicted molar refractivity (Wildman–Crippen MR) is 89.3 cm³/mol. The molecule has 0 N–H and O–H groups in total. The summed E-state index contributed by atoms with van der Waals surface area (Å²) >= 11 is 0. The number of ether oxygens (including phenoxy) is 3. The first-order chi connectivity index (χ1) is 12.1. The molecule has 0 heterocycles. The van der Waals surface area contributed by atoms with Crippen molar-refractivity contribution in [3.8, 4) is 17.6 Å². The maximum atomic E-state index is 13.4.